The van der Waals surface area contributed by atoms with Gasteiger partial charge in [0.15, 0.2) is 0 Å². The molecule has 1 fully saturated rings. The van der Waals surface area contributed by atoms with E-state index in [9.17, 15) is 13.5 Å². The van der Waals surface area contributed by atoms with E-state index >= 15 is 0 Å². The van der Waals surface area contributed by atoms with Gasteiger partial charge in [0.25, 0.3) is 0 Å². The summed E-state index contributed by atoms with van der Waals surface area (Å²) in [5.41, 5.74) is -0.952. The highest BCUT2D eigenvalue weighted by atomic mass is 32.2. The van der Waals surface area contributed by atoms with Crippen LogP contribution in [0.4, 0.5) is 0 Å². The van der Waals surface area contributed by atoms with E-state index in [1.165, 1.54) is 30.7 Å². The molecule has 0 saturated carbocycles. The molecule has 0 bridgehead atoms. The summed E-state index contributed by atoms with van der Waals surface area (Å²) in [6.45, 7) is 1.78. The van der Waals surface area contributed by atoms with Crippen molar-refractivity contribution in [2.45, 2.75) is 17.4 Å². The van der Waals surface area contributed by atoms with Crippen LogP contribution in [0.3, 0.4) is 0 Å². The Kier molecular flexibility index (Phi) is 3.46. The highest BCUT2D eigenvalue weighted by Gasteiger charge is 2.44. The number of benzene rings is 1. The van der Waals surface area contributed by atoms with Crippen LogP contribution in [0.25, 0.3) is 0 Å². The Bertz CT molecular complexity index is 574. The average molecular weight is 287 g/mol. The van der Waals surface area contributed by atoms with Crippen LogP contribution in [0.15, 0.2) is 23.1 Å². The van der Waals surface area contributed by atoms with Crippen LogP contribution in [0.1, 0.15) is 6.92 Å². The van der Waals surface area contributed by atoms with Crippen LogP contribution in [0.2, 0.25) is 0 Å². The van der Waals surface area contributed by atoms with E-state index in [4.69, 9.17) is 9.47 Å². The standard InChI is InChI=1S/C12H17NO5S/c1-12(14)7-13(8-12)19(15,16)11-5-4-9(17-2)6-10(11)18-3/h4-6,14H,7-8H2,1-3H3. The van der Waals surface area contributed by atoms with E-state index in [-0.39, 0.29) is 23.7 Å². The third kappa shape index (κ3) is 2.54. The number of rotatable bonds is 4. The molecule has 0 radical (unpaired) electrons. The fraction of sp³-hybridized carbons (Fsp3) is 0.500. The summed E-state index contributed by atoms with van der Waals surface area (Å²) in [6.07, 6.45) is 0. The summed E-state index contributed by atoms with van der Waals surface area (Å²) in [7, 11) is -0.750. The zero-order valence-electron chi connectivity index (χ0n) is 11.1. The second kappa shape index (κ2) is 4.66. The predicted molar refractivity (Wildman–Crippen MR) is 68.9 cm³/mol. The first-order valence-corrected chi connectivity index (χ1v) is 7.19. The first-order chi connectivity index (χ1) is 8.80. The Hall–Kier alpha value is -1.31. The van der Waals surface area contributed by atoms with E-state index < -0.39 is 15.6 Å². The molecular weight excluding hydrogens is 270 g/mol. The number of nitrogens with zero attached hydrogens (tertiary/aromatic N) is 1. The summed E-state index contributed by atoms with van der Waals surface area (Å²) < 4.78 is 36.1. The molecule has 1 aliphatic rings. The molecule has 106 valence electrons. The lowest BCUT2D eigenvalue weighted by molar-refractivity contribution is -0.0426. The minimum absolute atomic E-state index is 0.0753. The van der Waals surface area contributed by atoms with Gasteiger partial charge in [0.2, 0.25) is 10.0 Å². The first-order valence-electron chi connectivity index (χ1n) is 5.75. The highest BCUT2D eigenvalue weighted by molar-refractivity contribution is 7.89. The van der Waals surface area contributed by atoms with E-state index in [2.05, 4.69) is 0 Å². The maximum Gasteiger partial charge on any atom is 0.246 e. The highest BCUT2D eigenvalue weighted by Crippen LogP contribution is 2.34. The number of ether oxygens (including phenoxy) is 2. The number of sulfonamides is 1. The van der Waals surface area contributed by atoms with Crippen molar-refractivity contribution in [3.8, 4) is 11.5 Å². The number of methoxy groups -OCH3 is 2. The Morgan fingerprint density at radius 1 is 1.26 bits per heavy atom. The second-order valence-electron chi connectivity index (χ2n) is 4.79. The molecule has 7 heteroatoms. The first kappa shape index (κ1) is 14.1. The topological polar surface area (TPSA) is 76.1 Å². The molecule has 0 spiro atoms. The van der Waals surface area contributed by atoms with Gasteiger partial charge in [0.1, 0.15) is 16.4 Å². The van der Waals surface area contributed by atoms with Crippen molar-refractivity contribution in [3.63, 3.8) is 0 Å². The van der Waals surface area contributed by atoms with Gasteiger partial charge in [-0.25, -0.2) is 8.42 Å². The lowest BCUT2D eigenvalue weighted by atomic mass is 10.0. The molecule has 1 aromatic carbocycles. The Labute approximate surface area is 112 Å². The van der Waals surface area contributed by atoms with Gasteiger partial charge in [-0.3, -0.25) is 0 Å². The third-order valence-corrected chi connectivity index (χ3v) is 4.85. The molecule has 19 heavy (non-hydrogen) atoms. The van der Waals surface area contributed by atoms with Gasteiger partial charge >= 0.3 is 0 Å². The smallest absolute Gasteiger partial charge is 0.246 e. The maximum atomic E-state index is 12.4. The van der Waals surface area contributed by atoms with Gasteiger partial charge in [0.05, 0.1) is 19.8 Å². The van der Waals surface area contributed by atoms with Crippen LogP contribution >= 0.6 is 0 Å². The van der Waals surface area contributed by atoms with Crippen molar-refractivity contribution in [2.75, 3.05) is 27.3 Å². The molecule has 1 saturated heterocycles. The van der Waals surface area contributed by atoms with Crippen molar-refractivity contribution < 1.29 is 23.0 Å². The molecule has 0 unspecified atom stereocenters. The fourth-order valence-electron chi connectivity index (χ4n) is 2.01. The molecular formula is C12H17NO5S. The lowest BCUT2D eigenvalue weighted by Gasteiger charge is -2.42. The fourth-order valence-corrected chi connectivity index (χ4v) is 3.82. The molecule has 1 heterocycles. The van der Waals surface area contributed by atoms with Crippen LogP contribution in [0.5, 0.6) is 11.5 Å². The van der Waals surface area contributed by atoms with Crippen LogP contribution in [0, 0.1) is 0 Å². The zero-order valence-corrected chi connectivity index (χ0v) is 11.9. The van der Waals surface area contributed by atoms with E-state index in [0.29, 0.717) is 5.75 Å². The van der Waals surface area contributed by atoms with Gasteiger partial charge in [-0.1, -0.05) is 0 Å². The van der Waals surface area contributed by atoms with Gasteiger partial charge in [-0.05, 0) is 19.1 Å². The Morgan fingerprint density at radius 2 is 1.89 bits per heavy atom. The van der Waals surface area contributed by atoms with Gasteiger partial charge in [-0.2, -0.15) is 4.31 Å². The zero-order chi connectivity index (χ0) is 14.3. The van der Waals surface area contributed by atoms with Crippen molar-refractivity contribution >= 4 is 10.0 Å². The molecule has 1 aromatic rings. The maximum absolute atomic E-state index is 12.4. The molecule has 2 rings (SSSR count). The number of aliphatic hydroxyl groups is 1. The third-order valence-electron chi connectivity index (χ3n) is 3.02. The van der Waals surface area contributed by atoms with Crippen molar-refractivity contribution in [2.24, 2.45) is 0 Å². The lowest BCUT2D eigenvalue weighted by Crippen LogP contribution is -2.61. The summed E-state index contributed by atoms with van der Waals surface area (Å²) in [5, 5.41) is 9.65. The number of β-amino-alcohol motifs (C(OH)–C–C–N with tert-alkyl or cyclic N) is 1. The Balaban J connectivity index is 2.36. The van der Waals surface area contributed by atoms with Gasteiger partial charge in [0, 0.05) is 19.2 Å². The van der Waals surface area contributed by atoms with E-state index in [1.807, 2.05) is 0 Å². The predicted octanol–water partition coefficient (Wildman–Crippen LogP) is 0.459. The average Bonchev–Trinajstić information content (AvgIpc) is 2.34. The van der Waals surface area contributed by atoms with Crippen molar-refractivity contribution in [3.05, 3.63) is 18.2 Å². The molecule has 0 atom stereocenters. The number of hydrogen-bond acceptors (Lipinski definition) is 5. The van der Waals surface area contributed by atoms with Gasteiger partial charge in [-0.15, -0.1) is 0 Å². The van der Waals surface area contributed by atoms with Crippen LogP contribution in [-0.2, 0) is 10.0 Å². The summed E-state index contributed by atoms with van der Waals surface area (Å²) in [4.78, 5) is 0.0753. The summed E-state index contributed by atoms with van der Waals surface area (Å²) in [6, 6.07) is 4.53. The largest absolute Gasteiger partial charge is 0.497 e. The van der Waals surface area contributed by atoms with E-state index in [0.717, 1.165) is 0 Å². The van der Waals surface area contributed by atoms with Crippen molar-refractivity contribution in [1.82, 2.24) is 4.31 Å². The Morgan fingerprint density at radius 3 is 2.37 bits per heavy atom. The minimum Gasteiger partial charge on any atom is -0.497 e. The molecule has 0 aromatic heterocycles. The minimum atomic E-state index is -3.65. The monoisotopic (exact) mass is 287 g/mol. The summed E-state index contributed by atoms with van der Waals surface area (Å²) in [5.74, 6) is 0.747. The molecule has 0 amide bonds. The SMILES string of the molecule is COc1ccc(S(=O)(=O)N2CC(C)(O)C2)c(OC)c1. The normalized spacial score (nSPS) is 18.7. The van der Waals surface area contributed by atoms with Crippen LogP contribution < -0.4 is 9.47 Å². The van der Waals surface area contributed by atoms with E-state index in [1.54, 1.807) is 13.0 Å². The molecule has 0 aliphatic carbocycles. The van der Waals surface area contributed by atoms with Crippen LogP contribution in [-0.4, -0.2) is 50.7 Å². The van der Waals surface area contributed by atoms with Gasteiger partial charge < -0.3 is 14.6 Å². The quantitative estimate of drug-likeness (QED) is 0.870. The summed E-state index contributed by atoms with van der Waals surface area (Å²) >= 11 is 0. The number of hydrogen-bond donors (Lipinski definition) is 1. The van der Waals surface area contributed by atoms with Crippen molar-refractivity contribution in [1.29, 1.82) is 0 Å². The molecule has 1 aliphatic heterocycles. The molecule has 1 N–H and O–H groups in total. The molecule has 6 nitrogen and oxygen atoms in total. The second-order valence-corrected chi connectivity index (χ2v) is 6.69.